The van der Waals surface area contributed by atoms with Gasteiger partial charge in [0.2, 0.25) is 0 Å². The van der Waals surface area contributed by atoms with Crippen molar-refractivity contribution in [2.45, 2.75) is 0 Å². The third-order valence-electron chi connectivity index (χ3n) is 1.52. The number of nitrogens with zero attached hydrogens (tertiary/aromatic N) is 2. The van der Waals surface area contributed by atoms with Gasteiger partial charge in [-0.05, 0) is 12.8 Å². The van der Waals surface area contributed by atoms with Crippen molar-refractivity contribution < 1.29 is 4.74 Å². The predicted octanol–water partition coefficient (Wildman–Crippen LogP) is 2.03. The third-order valence-corrected chi connectivity index (χ3v) is 1.52. The van der Waals surface area contributed by atoms with Crippen LogP contribution in [0, 0.1) is 0 Å². The highest BCUT2D eigenvalue weighted by Crippen LogP contribution is 2.23. The molecule has 0 aromatic carbocycles. The van der Waals surface area contributed by atoms with Crippen LogP contribution >= 0.6 is 0 Å². The van der Waals surface area contributed by atoms with E-state index in [1.165, 1.54) is 0 Å². The molecule has 1 heterocycles. The maximum absolute atomic E-state index is 4.96. The maximum atomic E-state index is 4.96. The molecule has 0 radical (unpaired) electrons. The summed E-state index contributed by atoms with van der Waals surface area (Å²) in [6.07, 6.45) is 3.30. The van der Waals surface area contributed by atoms with E-state index < -0.39 is 0 Å². The van der Waals surface area contributed by atoms with E-state index in [2.05, 4.69) is 23.3 Å². The predicted molar refractivity (Wildman–Crippen MR) is 49.5 cm³/mol. The fraction of sp³-hybridized carbons (Fsp3) is 0.111. The molecule has 0 unspecified atom stereocenters. The zero-order chi connectivity index (χ0) is 8.97. The van der Waals surface area contributed by atoms with E-state index in [0.29, 0.717) is 5.76 Å². The van der Waals surface area contributed by atoms with Crippen LogP contribution in [0.25, 0.3) is 5.76 Å². The largest absolute Gasteiger partial charge is 0.497 e. The Hall–Kier alpha value is -1.64. The van der Waals surface area contributed by atoms with E-state index in [0.717, 1.165) is 11.3 Å². The summed E-state index contributed by atoms with van der Waals surface area (Å²) in [5, 5.41) is 0. The van der Waals surface area contributed by atoms with Crippen LogP contribution < -0.4 is 0 Å². The number of aromatic nitrogens is 1. The average Bonchev–Trinajstić information content (AvgIpc) is 2.16. The summed E-state index contributed by atoms with van der Waals surface area (Å²) < 4.78 is 4.96. The molecule has 0 aliphatic heterocycles. The van der Waals surface area contributed by atoms with E-state index in [9.17, 15) is 0 Å². The summed E-state index contributed by atoms with van der Waals surface area (Å²) in [5.74, 6) is 0.547. The molecule has 3 heteroatoms. The number of rotatable bonds is 3. The van der Waals surface area contributed by atoms with Crippen LogP contribution in [0.5, 0.6) is 0 Å². The van der Waals surface area contributed by atoms with Gasteiger partial charge in [0.1, 0.15) is 5.76 Å². The van der Waals surface area contributed by atoms with Gasteiger partial charge in [-0.1, -0.05) is 6.58 Å². The van der Waals surface area contributed by atoms with Gasteiger partial charge in [-0.3, -0.25) is 9.98 Å². The number of ether oxygens (including phenoxy) is 1. The molecule has 1 aromatic heterocycles. The number of hydrogen-bond acceptors (Lipinski definition) is 3. The van der Waals surface area contributed by atoms with Gasteiger partial charge < -0.3 is 4.74 Å². The molecule has 62 valence electrons. The lowest BCUT2D eigenvalue weighted by molar-refractivity contribution is 0.371. The molecule has 12 heavy (non-hydrogen) atoms. The molecule has 0 fully saturated rings. The first-order chi connectivity index (χ1) is 5.79. The molecule has 1 rings (SSSR count). The number of hydrogen-bond donors (Lipinski definition) is 0. The molecular formula is C9H10N2O. The summed E-state index contributed by atoms with van der Waals surface area (Å²) in [4.78, 5) is 7.74. The van der Waals surface area contributed by atoms with Gasteiger partial charge in [0, 0.05) is 12.4 Å². The molecule has 0 atom stereocenters. The Kier molecular flexibility index (Phi) is 2.58. The topological polar surface area (TPSA) is 34.5 Å². The molecular weight excluding hydrogens is 152 g/mol. The van der Waals surface area contributed by atoms with E-state index in [-0.39, 0.29) is 0 Å². The second kappa shape index (κ2) is 3.67. The normalized spacial score (nSPS) is 9.08. The van der Waals surface area contributed by atoms with Crippen LogP contribution in [0.15, 0.2) is 30.0 Å². The Morgan fingerprint density at radius 1 is 1.67 bits per heavy atom. The smallest absolute Gasteiger partial charge is 0.122 e. The second-order valence-electron chi connectivity index (χ2n) is 2.18. The minimum absolute atomic E-state index is 0.547. The SMILES string of the molecule is C=Nc1ccncc1C(=C)OC. The minimum Gasteiger partial charge on any atom is -0.497 e. The maximum Gasteiger partial charge on any atom is 0.122 e. The standard InChI is InChI=1S/C9H10N2O/c1-7(12-3)8-6-11-5-4-9(8)10-2/h4-6H,1-2H2,3H3. The molecule has 0 N–H and O–H groups in total. The lowest BCUT2D eigenvalue weighted by atomic mass is 10.2. The van der Waals surface area contributed by atoms with Crippen molar-refractivity contribution >= 4 is 18.2 Å². The van der Waals surface area contributed by atoms with Crippen molar-refractivity contribution in [2.24, 2.45) is 4.99 Å². The molecule has 1 aromatic rings. The van der Waals surface area contributed by atoms with Crippen LogP contribution in [0.1, 0.15) is 5.56 Å². The summed E-state index contributed by atoms with van der Waals surface area (Å²) in [5.41, 5.74) is 1.51. The lowest BCUT2D eigenvalue weighted by Crippen LogP contribution is -1.86. The summed E-state index contributed by atoms with van der Waals surface area (Å²) in [7, 11) is 1.56. The van der Waals surface area contributed by atoms with Gasteiger partial charge in [0.25, 0.3) is 0 Å². The Bertz CT molecular complexity index is 307. The quantitative estimate of drug-likeness (QED) is 0.503. The first kappa shape index (κ1) is 8.46. The molecule has 0 saturated heterocycles. The summed E-state index contributed by atoms with van der Waals surface area (Å²) in [6, 6.07) is 1.76. The zero-order valence-electron chi connectivity index (χ0n) is 6.95. The first-order valence-electron chi connectivity index (χ1n) is 3.43. The summed E-state index contributed by atoms with van der Waals surface area (Å²) in [6.45, 7) is 7.14. The van der Waals surface area contributed by atoms with E-state index in [1.807, 2.05) is 0 Å². The minimum atomic E-state index is 0.547. The van der Waals surface area contributed by atoms with Gasteiger partial charge in [-0.15, -0.1) is 0 Å². The molecule has 0 spiro atoms. The number of methoxy groups -OCH3 is 1. The van der Waals surface area contributed by atoms with Crippen molar-refractivity contribution in [1.29, 1.82) is 0 Å². The first-order valence-corrected chi connectivity index (χ1v) is 3.43. The molecule has 0 aliphatic carbocycles. The van der Waals surface area contributed by atoms with Gasteiger partial charge in [-0.2, -0.15) is 0 Å². The highest BCUT2D eigenvalue weighted by atomic mass is 16.5. The van der Waals surface area contributed by atoms with Crippen molar-refractivity contribution in [3.05, 3.63) is 30.6 Å². The van der Waals surface area contributed by atoms with Crippen LogP contribution in [-0.4, -0.2) is 18.8 Å². The Morgan fingerprint density at radius 2 is 2.42 bits per heavy atom. The summed E-state index contributed by atoms with van der Waals surface area (Å²) >= 11 is 0. The molecule has 3 nitrogen and oxygen atoms in total. The lowest BCUT2D eigenvalue weighted by Gasteiger charge is -2.05. The van der Waals surface area contributed by atoms with Crippen molar-refractivity contribution in [3.63, 3.8) is 0 Å². The monoisotopic (exact) mass is 162 g/mol. The van der Waals surface area contributed by atoms with Crippen LogP contribution in [0.3, 0.4) is 0 Å². The van der Waals surface area contributed by atoms with Crippen molar-refractivity contribution in [1.82, 2.24) is 4.98 Å². The Labute approximate surface area is 71.4 Å². The fourth-order valence-corrected chi connectivity index (χ4v) is 0.850. The molecule has 0 aliphatic rings. The van der Waals surface area contributed by atoms with Crippen molar-refractivity contribution in [2.75, 3.05) is 7.11 Å². The van der Waals surface area contributed by atoms with E-state index in [1.54, 1.807) is 25.6 Å². The van der Waals surface area contributed by atoms with E-state index in [4.69, 9.17) is 4.74 Å². The van der Waals surface area contributed by atoms with Gasteiger partial charge in [0.05, 0.1) is 18.4 Å². The van der Waals surface area contributed by atoms with Crippen LogP contribution in [-0.2, 0) is 4.74 Å². The fourth-order valence-electron chi connectivity index (χ4n) is 0.850. The number of aliphatic imine (C=N–C) groups is 1. The van der Waals surface area contributed by atoms with Crippen LogP contribution in [0.4, 0.5) is 5.69 Å². The number of pyridine rings is 1. The molecule has 0 saturated carbocycles. The highest BCUT2D eigenvalue weighted by Gasteiger charge is 2.03. The Morgan fingerprint density at radius 3 is 3.00 bits per heavy atom. The molecule has 0 bridgehead atoms. The van der Waals surface area contributed by atoms with Gasteiger partial charge in [-0.25, -0.2) is 0 Å². The molecule has 0 amide bonds. The van der Waals surface area contributed by atoms with Crippen LogP contribution in [0.2, 0.25) is 0 Å². The van der Waals surface area contributed by atoms with Gasteiger partial charge >= 0.3 is 0 Å². The zero-order valence-corrected chi connectivity index (χ0v) is 6.95. The van der Waals surface area contributed by atoms with Gasteiger partial charge in [0.15, 0.2) is 0 Å². The second-order valence-corrected chi connectivity index (χ2v) is 2.18. The Balaban J connectivity index is 3.13. The van der Waals surface area contributed by atoms with E-state index >= 15 is 0 Å². The average molecular weight is 162 g/mol. The third kappa shape index (κ3) is 1.50. The van der Waals surface area contributed by atoms with Crippen molar-refractivity contribution in [3.8, 4) is 0 Å². The highest BCUT2D eigenvalue weighted by molar-refractivity contribution is 5.69.